The molecule has 5 nitrogen and oxygen atoms in total. The number of anilines is 1. The van der Waals surface area contributed by atoms with Gasteiger partial charge in [-0.15, -0.1) is 0 Å². The van der Waals surface area contributed by atoms with E-state index in [1.807, 2.05) is 6.20 Å². The minimum atomic E-state index is 0.855. The van der Waals surface area contributed by atoms with Crippen LogP contribution in [0.5, 0.6) is 0 Å². The van der Waals surface area contributed by atoms with E-state index in [0.717, 1.165) is 56.5 Å². The van der Waals surface area contributed by atoms with Gasteiger partial charge in [-0.2, -0.15) is 0 Å². The molecule has 2 aromatic rings. The third kappa shape index (κ3) is 3.37. The molecule has 5 heteroatoms. The van der Waals surface area contributed by atoms with Crippen molar-refractivity contribution in [2.75, 3.05) is 44.7 Å². The summed E-state index contributed by atoms with van der Waals surface area (Å²) >= 11 is 0. The Morgan fingerprint density at radius 1 is 1.30 bits per heavy atom. The maximum Gasteiger partial charge on any atom is 0.137 e. The van der Waals surface area contributed by atoms with Crippen molar-refractivity contribution in [3.05, 3.63) is 36.7 Å². The smallest absolute Gasteiger partial charge is 0.137 e. The number of aromatic nitrogens is 2. The molecule has 20 heavy (non-hydrogen) atoms. The Kier molecular flexibility index (Phi) is 4.30. The van der Waals surface area contributed by atoms with E-state index in [2.05, 4.69) is 44.5 Å². The summed E-state index contributed by atoms with van der Waals surface area (Å²) in [4.78, 5) is 9.83. The van der Waals surface area contributed by atoms with Crippen LogP contribution in [0.2, 0.25) is 0 Å². The molecule has 1 aliphatic heterocycles. The molecule has 106 valence electrons. The monoisotopic (exact) mass is 272 g/mol. The fourth-order valence-corrected chi connectivity index (χ4v) is 2.38. The second kappa shape index (κ2) is 6.54. The molecule has 0 aliphatic carbocycles. The first-order valence-electron chi connectivity index (χ1n) is 7.05. The number of nitrogens with zero attached hydrogens (tertiary/aromatic N) is 2. The zero-order valence-electron chi connectivity index (χ0n) is 11.5. The van der Waals surface area contributed by atoms with Gasteiger partial charge in [0.1, 0.15) is 5.82 Å². The van der Waals surface area contributed by atoms with Crippen molar-refractivity contribution in [3.63, 3.8) is 0 Å². The summed E-state index contributed by atoms with van der Waals surface area (Å²) in [7, 11) is 0. The minimum absolute atomic E-state index is 0.855. The molecule has 1 aromatic heterocycles. The molecule has 3 rings (SSSR count). The predicted octanol–water partition coefficient (Wildman–Crippen LogP) is 1.82. The van der Waals surface area contributed by atoms with Gasteiger partial charge < -0.3 is 15.0 Å². The van der Waals surface area contributed by atoms with E-state index in [-0.39, 0.29) is 0 Å². The highest BCUT2D eigenvalue weighted by Gasteiger charge is 2.09. The highest BCUT2D eigenvalue weighted by molar-refractivity contribution is 5.62. The number of morpholine rings is 1. The standard InChI is InChI=1S/C15H20N4O/c1-2-13(15-17-4-5-18-15)12-14(3-1)16-6-7-19-8-10-20-11-9-19/h1-5,12,16H,6-11H2,(H,17,18). The van der Waals surface area contributed by atoms with Crippen LogP contribution in [-0.2, 0) is 4.74 Å². The molecule has 0 unspecified atom stereocenters. The Morgan fingerprint density at radius 3 is 3.00 bits per heavy atom. The average molecular weight is 272 g/mol. The Labute approximate surface area is 119 Å². The molecule has 0 bridgehead atoms. The maximum atomic E-state index is 5.35. The number of hydrogen-bond acceptors (Lipinski definition) is 4. The van der Waals surface area contributed by atoms with Crippen molar-refractivity contribution in [2.24, 2.45) is 0 Å². The first-order chi connectivity index (χ1) is 9.92. The third-order valence-electron chi connectivity index (χ3n) is 3.50. The summed E-state index contributed by atoms with van der Waals surface area (Å²) in [5.74, 6) is 0.904. The Morgan fingerprint density at radius 2 is 2.20 bits per heavy atom. The molecule has 0 saturated carbocycles. The Balaban J connectivity index is 1.53. The van der Waals surface area contributed by atoms with Crippen LogP contribution in [-0.4, -0.2) is 54.3 Å². The van der Waals surface area contributed by atoms with E-state index in [0.29, 0.717) is 0 Å². The maximum absolute atomic E-state index is 5.35. The van der Waals surface area contributed by atoms with Gasteiger partial charge in [0.05, 0.1) is 13.2 Å². The summed E-state index contributed by atoms with van der Waals surface area (Å²) in [5, 5.41) is 3.47. The van der Waals surface area contributed by atoms with Crippen LogP contribution < -0.4 is 5.32 Å². The van der Waals surface area contributed by atoms with Crippen molar-refractivity contribution in [3.8, 4) is 11.4 Å². The largest absolute Gasteiger partial charge is 0.384 e. The van der Waals surface area contributed by atoms with E-state index in [1.165, 1.54) is 0 Å². The van der Waals surface area contributed by atoms with Gasteiger partial charge in [-0.3, -0.25) is 4.90 Å². The molecule has 1 saturated heterocycles. The molecule has 1 fully saturated rings. The molecule has 0 radical (unpaired) electrons. The number of ether oxygens (including phenoxy) is 1. The molecule has 0 spiro atoms. The van der Waals surface area contributed by atoms with Crippen LogP contribution in [0.1, 0.15) is 0 Å². The number of rotatable bonds is 5. The molecule has 2 heterocycles. The molecule has 1 aromatic carbocycles. The topological polar surface area (TPSA) is 53.2 Å². The van der Waals surface area contributed by atoms with Gasteiger partial charge in [0.15, 0.2) is 0 Å². The molecule has 0 atom stereocenters. The fraction of sp³-hybridized carbons (Fsp3) is 0.400. The van der Waals surface area contributed by atoms with Gasteiger partial charge in [0.25, 0.3) is 0 Å². The van der Waals surface area contributed by atoms with Crippen LogP contribution >= 0.6 is 0 Å². The molecular formula is C15H20N4O. The van der Waals surface area contributed by atoms with Crippen molar-refractivity contribution in [1.82, 2.24) is 14.9 Å². The Hall–Kier alpha value is -1.85. The molecular weight excluding hydrogens is 252 g/mol. The van der Waals surface area contributed by atoms with Gasteiger partial charge in [0.2, 0.25) is 0 Å². The highest BCUT2D eigenvalue weighted by Crippen LogP contribution is 2.18. The summed E-state index contributed by atoms with van der Waals surface area (Å²) < 4.78 is 5.35. The fourth-order valence-electron chi connectivity index (χ4n) is 2.38. The van der Waals surface area contributed by atoms with Crippen molar-refractivity contribution >= 4 is 5.69 Å². The molecule has 2 N–H and O–H groups in total. The lowest BCUT2D eigenvalue weighted by molar-refractivity contribution is 0.0398. The third-order valence-corrected chi connectivity index (χ3v) is 3.50. The summed E-state index contributed by atoms with van der Waals surface area (Å²) in [6, 6.07) is 8.32. The number of benzene rings is 1. The van der Waals surface area contributed by atoms with Crippen molar-refractivity contribution in [2.45, 2.75) is 0 Å². The van der Waals surface area contributed by atoms with Gasteiger partial charge in [-0.25, -0.2) is 4.98 Å². The zero-order valence-corrected chi connectivity index (χ0v) is 11.5. The lowest BCUT2D eigenvalue weighted by atomic mass is 10.2. The van der Waals surface area contributed by atoms with Crippen LogP contribution in [0.25, 0.3) is 11.4 Å². The quantitative estimate of drug-likeness (QED) is 0.872. The Bertz CT molecular complexity index is 520. The number of imidazole rings is 1. The van der Waals surface area contributed by atoms with E-state index in [9.17, 15) is 0 Å². The zero-order chi connectivity index (χ0) is 13.6. The van der Waals surface area contributed by atoms with Crippen molar-refractivity contribution < 1.29 is 4.74 Å². The van der Waals surface area contributed by atoms with Gasteiger partial charge in [0, 0.05) is 49.8 Å². The lowest BCUT2D eigenvalue weighted by Crippen LogP contribution is -2.38. The van der Waals surface area contributed by atoms with Gasteiger partial charge in [-0.05, 0) is 12.1 Å². The summed E-state index contributed by atoms with van der Waals surface area (Å²) in [6.45, 7) is 5.78. The van der Waals surface area contributed by atoms with Crippen LogP contribution in [0.15, 0.2) is 36.7 Å². The van der Waals surface area contributed by atoms with Gasteiger partial charge in [-0.1, -0.05) is 12.1 Å². The van der Waals surface area contributed by atoms with E-state index in [1.54, 1.807) is 6.20 Å². The lowest BCUT2D eigenvalue weighted by Gasteiger charge is -2.26. The average Bonchev–Trinajstić information content (AvgIpc) is 3.03. The second-order valence-corrected chi connectivity index (χ2v) is 4.90. The minimum Gasteiger partial charge on any atom is -0.384 e. The first-order valence-corrected chi connectivity index (χ1v) is 7.05. The van der Waals surface area contributed by atoms with Crippen LogP contribution in [0.4, 0.5) is 5.69 Å². The second-order valence-electron chi connectivity index (χ2n) is 4.90. The highest BCUT2D eigenvalue weighted by atomic mass is 16.5. The first kappa shape index (κ1) is 13.1. The number of hydrogen-bond donors (Lipinski definition) is 2. The summed E-state index contributed by atoms with van der Waals surface area (Å²) in [5.41, 5.74) is 2.23. The van der Waals surface area contributed by atoms with Crippen molar-refractivity contribution in [1.29, 1.82) is 0 Å². The normalized spacial score (nSPS) is 16.2. The van der Waals surface area contributed by atoms with Crippen LogP contribution in [0, 0.1) is 0 Å². The molecule has 0 amide bonds. The van der Waals surface area contributed by atoms with E-state index >= 15 is 0 Å². The summed E-state index contributed by atoms with van der Waals surface area (Å²) in [6.07, 6.45) is 3.61. The number of nitrogens with one attached hydrogen (secondary N) is 2. The van der Waals surface area contributed by atoms with Gasteiger partial charge >= 0.3 is 0 Å². The van der Waals surface area contributed by atoms with Crippen LogP contribution in [0.3, 0.4) is 0 Å². The van der Waals surface area contributed by atoms with E-state index in [4.69, 9.17) is 4.74 Å². The SMILES string of the molecule is c1cc(NCCN2CCOCC2)cc(-c2ncc[nH]2)c1. The predicted molar refractivity (Wildman–Crippen MR) is 79.8 cm³/mol. The number of aromatic amines is 1. The molecule has 1 aliphatic rings. The number of H-pyrrole nitrogens is 1. The van der Waals surface area contributed by atoms with E-state index < -0.39 is 0 Å².